The van der Waals surface area contributed by atoms with Gasteiger partial charge in [-0.2, -0.15) is 0 Å². The van der Waals surface area contributed by atoms with Crippen LogP contribution in [-0.2, 0) is 11.2 Å². The molecule has 154 valence electrons. The summed E-state index contributed by atoms with van der Waals surface area (Å²) < 4.78 is 0. The molecule has 0 radical (unpaired) electrons. The smallest absolute Gasteiger partial charge is 0.253 e. The molecule has 2 amide bonds. The number of pyridine rings is 1. The van der Waals surface area contributed by atoms with E-state index in [0.717, 1.165) is 11.4 Å². The van der Waals surface area contributed by atoms with Gasteiger partial charge in [0.05, 0.1) is 17.8 Å². The molecule has 1 aliphatic rings. The fourth-order valence-corrected chi connectivity index (χ4v) is 3.81. The number of amides is 2. The maximum Gasteiger partial charge on any atom is 0.253 e. The van der Waals surface area contributed by atoms with E-state index in [9.17, 15) is 14.7 Å². The minimum atomic E-state index is -0.325. The first-order valence-corrected chi connectivity index (χ1v) is 9.86. The van der Waals surface area contributed by atoms with Crippen LogP contribution in [0, 0.1) is 0 Å². The Balaban J connectivity index is 1.48. The number of nitrogens with zero attached hydrogens (tertiary/aromatic N) is 3. The van der Waals surface area contributed by atoms with Crippen molar-refractivity contribution >= 4 is 11.8 Å². The molecule has 1 fully saturated rings. The molecule has 0 unspecified atom stereocenters. The predicted molar refractivity (Wildman–Crippen MR) is 110 cm³/mol. The average molecular weight is 405 g/mol. The molecule has 3 aromatic rings. The van der Waals surface area contributed by atoms with E-state index >= 15 is 0 Å². The monoisotopic (exact) mass is 405 g/mol. The van der Waals surface area contributed by atoms with Gasteiger partial charge in [-0.15, -0.1) is 0 Å². The van der Waals surface area contributed by atoms with Gasteiger partial charge >= 0.3 is 0 Å². The van der Waals surface area contributed by atoms with Gasteiger partial charge in [-0.05, 0) is 11.6 Å². The van der Waals surface area contributed by atoms with Crippen LogP contribution in [0.25, 0.3) is 0 Å². The first-order chi connectivity index (χ1) is 14.6. The van der Waals surface area contributed by atoms with E-state index in [1.54, 1.807) is 17.3 Å². The van der Waals surface area contributed by atoms with Gasteiger partial charge in [0.15, 0.2) is 0 Å². The van der Waals surface area contributed by atoms with Crippen LogP contribution in [-0.4, -0.2) is 55.9 Å². The zero-order valence-electron chi connectivity index (χ0n) is 16.4. The number of nitrogens with one attached hydrogen (secondary N) is 2. The summed E-state index contributed by atoms with van der Waals surface area (Å²) in [5.74, 6) is 0.400. The Kier molecular flexibility index (Phi) is 5.74. The molecule has 1 aromatic carbocycles. The lowest BCUT2D eigenvalue weighted by Gasteiger charge is -2.20. The Morgan fingerprint density at radius 1 is 1.20 bits per heavy atom. The highest BCUT2D eigenvalue weighted by Gasteiger charge is 2.37. The van der Waals surface area contributed by atoms with Crippen molar-refractivity contribution < 1.29 is 14.7 Å². The highest BCUT2D eigenvalue weighted by atomic mass is 16.3. The summed E-state index contributed by atoms with van der Waals surface area (Å²) in [5, 5.41) is 12.6. The van der Waals surface area contributed by atoms with Gasteiger partial charge in [0.1, 0.15) is 11.6 Å². The van der Waals surface area contributed by atoms with Crippen molar-refractivity contribution in [2.24, 2.45) is 0 Å². The normalized spacial score (nSPS) is 18.3. The van der Waals surface area contributed by atoms with E-state index < -0.39 is 0 Å². The van der Waals surface area contributed by atoms with E-state index in [2.05, 4.69) is 20.3 Å². The fraction of sp³-hybridized carbons (Fsp3) is 0.273. The molecule has 3 heterocycles. The first-order valence-electron chi connectivity index (χ1n) is 9.86. The summed E-state index contributed by atoms with van der Waals surface area (Å²) in [6.07, 6.45) is 6.99. The number of H-pyrrole nitrogens is 1. The van der Waals surface area contributed by atoms with Gasteiger partial charge < -0.3 is 20.3 Å². The largest absolute Gasteiger partial charge is 0.506 e. The molecule has 0 bridgehead atoms. The number of hydrogen-bond donors (Lipinski definition) is 3. The van der Waals surface area contributed by atoms with E-state index in [4.69, 9.17) is 0 Å². The van der Waals surface area contributed by atoms with Crippen LogP contribution in [0.4, 0.5) is 0 Å². The van der Waals surface area contributed by atoms with Gasteiger partial charge in [0, 0.05) is 50.4 Å². The molecule has 8 heteroatoms. The third kappa shape index (κ3) is 4.48. The van der Waals surface area contributed by atoms with Crippen molar-refractivity contribution in [3.63, 3.8) is 0 Å². The lowest BCUT2D eigenvalue weighted by Crippen LogP contribution is -2.40. The van der Waals surface area contributed by atoms with E-state index in [-0.39, 0.29) is 35.1 Å². The maximum atomic E-state index is 12.8. The van der Waals surface area contributed by atoms with Gasteiger partial charge in [-0.3, -0.25) is 14.6 Å². The van der Waals surface area contributed by atoms with Crippen LogP contribution in [0.15, 0.2) is 61.2 Å². The molecule has 2 atom stereocenters. The quantitative estimate of drug-likeness (QED) is 0.580. The van der Waals surface area contributed by atoms with Crippen LogP contribution >= 0.6 is 0 Å². The second kappa shape index (κ2) is 8.77. The molecule has 1 aliphatic heterocycles. The lowest BCUT2D eigenvalue weighted by molar-refractivity contribution is -0.130. The highest BCUT2D eigenvalue weighted by molar-refractivity contribution is 5.94. The summed E-state index contributed by atoms with van der Waals surface area (Å²) in [5.41, 5.74) is 1.35. The molecule has 8 nitrogen and oxygen atoms in total. The second-order valence-corrected chi connectivity index (χ2v) is 7.36. The van der Waals surface area contributed by atoms with Crippen LogP contribution < -0.4 is 5.32 Å². The molecular formula is C22H23N5O3. The van der Waals surface area contributed by atoms with Crippen molar-refractivity contribution in [3.8, 4) is 5.75 Å². The number of aromatic nitrogens is 3. The van der Waals surface area contributed by atoms with Crippen LogP contribution in [0.5, 0.6) is 5.75 Å². The van der Waals surface area contributed by atoms with Crippen molar-refractivity contribution in [2.45, 2.75) is 24.8 Å². The van der Waals surface area contributed by atoms with Gasteiger partial charge in [0.25, 0.3) is 5.91 Å². The Labute approximate surface area is 174 Å². The number of hydrogen-bond acceptors (Lipinski definition) is 5. The summed E-state index contributed by atoms with van der Waals surface area (Å²) >= 11 is 0. The number of carbonyl (C=O) groups is 2. The molecule has 2 aromatic heterocycles. The maximum absolute atomic E-state index is 12.8. The number of carbonyl (C=O) groups excluding carboxylic acids is 2. The standard InChI is InChI=1S/C22H23N5O3/c28-17-10-16(11-23-12-17)22(30)26-19-14-27(13-18(19)15-4-2-1-3-5-15)21(29)7-6-20-24-8-9-25-20/h1-5,8-12,18-19,28H,6-7,13-14H2,(H,24,25)(H,26,30)/t18-,19+/m0/s1. The van der Waals surface area contributed by atoms with Crippen molar-refractivity contribution in [1.29, 1.82) is 0 Å². The predicted octanol–water partition coefficient (Wildman–Crippen LogP) is 1.87. The summed E-state index contributed by atoms with van der Waals surface area (Å²) in [6.45, 7) is 0.957. The Morgan fingerprint density at radius 3 is 2.77 bits per heavy atom. The number of rotatable bonds is 6. The van der Waals surface area contributed by atoms with E-state index in [1.165, 1.54) is 18.5 Å². The van der Waals surface area contributed by atoms with E-state index in [0.29, 0.717) is 25.9 Å². The molecule has 0 saturated carbocycles. The number of aryl methyl sites for hydroxylation is 1. The van der Waals surface area contributed by atoms with Crippen LogP contribution in [0.1, 0.15) is 34.1 Å². The molecular weight excluding hydrogens is 382 g/mol. The fourth-order valence-electron chi connectivity index (χ4n) is 3.81. The number of likely N-dealkylation sites (tertiary alicyclic amines) is 1. The lowest BCUT2D eigenvalue weighted by atomic mass is 9.94. The van der Waals surface area contributed by atoms with Crippen molar-refractivity contribution in [2.75, 3.05) is 13.1 Å². The molecule has 3 N–H and O–H groups in total. The third-order valence-electron chi connectivity index (χ3n) is 5.33. The summed E-state index contributed by atoms with van der Waals surface area (Å²) in [6, 6.07) is 11.0. The molecule has 0 spiro atoms. The number of aromatic amines is 1. The molecule has 30 heavy (non-hydrogen) atoms. The SMILES string of the molecule is O=C(N[C@@H]1CN(C(=O)CCc2ncc[nH]2)C[C@H]1c1ccccc1)c1cncc(O)c1. The Morgan fingerprint density at radius 2 is 2.03 bits per heavy atom. The van der Waals surface area contributed by atoms with Crippen LogP contribution in [0.3, 0.4) is 0 Å². The number of benzene rings is 1. The third-order valence-corrected chi connectivity index (χ3v) is 5.33. The zero-order chi connectivity index (χ0) is 20.9. The number of aromatic hydroxyl groups is 1. The minimum Gasteiger partial charge on any atom is -0.506 e. The first kappa shape index (κ1) is 19.6. The van der Waals surface area contributed by atoms with Gasteiger partial charge in [0.2, 0.25) is 5.91 Å². The summed E-state index contributed by atoms with van der Waals surface area (Å²) in [4.78, 5) is 38.3. The zero-order valence-corrected chi connectivity index (χ0v) is 16.4. The van der Waals surface area contributed by atoms with Crippen molar-refractivity contribution in [3.05, 3.63) is 78.1 Å². The topological polar surface area (TPSA) is 111 Å². The summed E-state index contributed by atoms with van der Waals surface area (Å²) in [7, 11) is 0. The van der Waals surface area contributed by atoms with Gasteiger partial charge in [-0.1, -0.05) is 30.3 Å². The second-order valence-electron chi connectivity index (χ2n) is 7.36. The molecule has 0 aliphatic carbocycles. The van der Waals surface area contributed by atoms with Crippen molar-refractivity contribution in [1.82, 2.24) is 25.2 Å². The van der Waals surface area contributed by atoms with Gasteiger partial charge in [-0.25, -0.2) is 4.98 Å². The number of imidazole rings is 1. The molecule has 1 saturated heterocycles. The average Bonchev–Trinajstić information content (AvgIpc) is 3.43. The van der Waals surface area contributed by atoms with Crippen LogP contribution in [0.2, 0.25) is 0 Å². The molecule has 4 rings (SSSR count). The highest BCUT2D eigenvalue weighted by Crippen LogP contribution is 2.28. The Hall–Kier alpha value is -3.68. The minimum absolute atomic E-state index is 0.0204. The Bertz CT molecular complexity index is 1010. The van der Waals surface area contributed by atoms with E-state index in [1.807, 2.05) is 30.3 Å².